The van der Waals surface area contributed by atoms with Crippen molar-refractivity contribution >= 4 is 41.5 Å². The summed E-state index contributed by atoms with van der Waals surface area (Å²) in [7, 11) is 0. The van der Waals surface area contributed by atoms with Crippen molar-refractivity contribution < 1.29 is 4.79 Å². The Morgan fingerprint density at radius 3 is 2.81 bits per heavy atom. The van der Waals surface area contributed by atoms with Crippen molar-refractivity contribution in [2.24, 2.45) is 5.92 Å². The number of amides is 1. The van der Waals surface area contributed by atoms with Crippen LogP contribution in [0.15, 0.2) is 18.2 Å². The number of hydrogen-bond donors (Lipinski definition) is 1. The van der Waals surface area contributed by atoms with Crippen molar-refractivity contribution in [2.75, 3.05) is 19.6 Å². The van der Waals surface area contributed by atoms with Gasteiger partial charge in [0.2, 0.25) is 5.91 Å². The number of benzene rings is 1. The third-order valence-electron chi connectivity index (χ3n) is 4.15. The fourth-order valence-corrected chi connectivity index (χ4v) is 3.53. The lowest BCUT2D eigenvalue weighted by atomic mass is 10.1. The number of carbonyl (C=O) groups is 1. The Labute approximate surface area is 141 Å². The van der Waals surface area contributed by atoms with Gasteiger partial charge < -0.3 is 10.2 Å². The van der Waals surface area contributed by atoms with Crippen LogP contribution in [0.3, 0.4) is 0 Å². The van der Waals surface area contributed by atoms with Gasteiger partial charge in [0.15, 0.2) is 0 Å². The number of hydrogen-bond acceptors (Lipinski definition) is 2. The van der Waals surface area contributed by atoms with Crippen LogP contribution in [-0.2, 0) is 4.79 Å². The lowest BCUT2D eigenvalue weighted by Gasteiger charge is -2.32. The van der Waals surface area contributed by atoms with E-state index >= 15 is 0 Å². The summed E-state index contributed by atoms with van der Waals surface area (Å²) >= 11 is 12.1. The Hall–Kier alpha value is -0.480. The quantitative estimate of drug-likeness (QED) is 0.888. The van der Waals surface area contributed by atoms with Crippen LogP contribution in [0.4, 0.5) is 0 Å². The van der Waals surface area contributed by atoms with E-state index in [1.54, 1.807) is 6.07 Å². The van der Waals surface area contributed by atoms with Crippen LogP contribution < -0.4 is 5.32 Å². The van der Waals surface area contributed by atoms with E-state index in [1.165, 1.54) is 0 Å². The predicted molar refractivity (Wildman–Crippen MR) is 88.6 cm³/mol. The molecule has 1 saturated heterocycles. The van der Waals surface area contributed by atoms with E-state index in [-0.39, 0.29) is 30.2 Å². The number of carbonyl (C=O) groups excluding carboxylic acids is 1. The van der Waals surface area contributed by atoms with Crippen molar-refractivity contribution in [1.82, 2.24) is 10.2 Å². The molecule has 1 aromatic carbocycles. The van der Waals surface area contributed by atoms with Gasteiger partial charge in [0.25, 0.3) is 0 Å². The summed E-state index contributed by atoms with van der Waals surface area (Å²) in [5, 5.41) is 4.66. The summed E-state index contributed by atoms with van der Waals surface area (Å²) < 4.78 is 0. The maximum absolute atomic E-state index is 12.5. The van der Waals surface area contributed by atoms with Gasteiger partial charge in [-0.1, -0.05) is 29.3 Å². The number of nitrogens with one attached hydrogen (secondary N) is 1. The molecule has 2 aliphatic rings. The van der Waals surface area contributed by atoms with Gasteiger partial charge >= 0.3 is 0 Å². The van der Waals surface area contributed by atoms with Crippen molar-refractivity contribution in [3.8, 4) is 0 Å². The standard InChI is InChI=1S/C15H18Cl2N2O.ClH/c1-9-8-19(5-4-18-9)15(20)13-7-12(13)11-3-2-10(16)6-14(11)17;/h2-3,6,9,12-13,18H,4-5,7-8H2,1H3;1H. The van der Waals surface area contributed by atoms with Gasteiger partial charge in [0, 0.05) is 41.6 Å². The van der Waals surface area contributed by atoms with Gasteiger partial charge in [-0.25, -0.2) is 0 Å². The molecule has 1 heterocycles. The van der Waals surface area contributed by atoms with Crippen molar-refractivity contribution in [3.63, 3.8) is 0 Å². The average molecular weight is 350 g/mol. The van der Waals surface area contributed by atoms with Crippen LogP contribution in [0, 0.1) is 5.92 Å². The maximum atomic E-state index is 12.5. The number of piperazine rings is 1. The van der Waals surface area contributed by atoms with Crippen molar-refractivity contribution in [2.45, 2.75) is 25.3 Å². The smallest absolute Gasteiger partial charge is 0.226 e. The molecule has 1 N–H and O–H groups in total. The zero-order chi connectivity index (χ0) is 14.3. The van der Waals surface area contributed by atoms with Crippen LogP contribution in [-0.4, -0.2) is 36.5 Å². The van der Waals surface area contributed by atoms with Gasteiger partial charge in [-0.15, -0.1) is 12.4 Å². The Morgan fingerprint density at radius 1 is 1.38 bits per heavy atom. The molecular formula is C15H19Cl3N2O. The first kappa shape index (κ1) is 16.9. The summed E-state index contributed by atoms with van der Waals surface area (Å²) in [5.41, 5.74) is 1.05. The second-order valence-electron chi connectivity index (χ2n) is 5.75. The highest BCUT2D eigenvalue weighted by atomic mass is 35.5. The summed E-state index contributed by atoms with van der Waals surface area (Å²) in [4.78, 5) is 14.5. The summed E-state index contributed by atoms with van der Waals surface area (Å²) in [6.45, 7) is 4.60. The van der Waals surface area contributed by atoms with Crippen LogP contribution >= 0.6 is 35.6 Å². The van der Waals surface area contributed by atoms with Gasteiger partial charge in [-0.3, -0.25) is 4.79 Å². The van der Waals surface area contributed by atoms with E-state index < -0.39 is 0 Å². The van der Waals surface area contributed by atoms with E-state index in [2.05, 4.69) is 12.2 Å². The molecular weight excluding hydrogens is 331 g/mol. The molecule has 21 heavy (non-hydrogen) atoms. The highest BCUT2D eigenvalue weighted by molar-refractivity contribution is 6.35. The second kappa shape index (κ2) is 6.74. The third-order valence-corrected chi connectivity index (χ3v) is 4.71. The molecule has 3 nitrogen and oxygen atoms in total. The molecule has 116 valence electrons. The zero-order valence-corrected chi connectivity index (χ0v) is 14.1. The summed E-state index contributed by atoms with van der Waals surface area (Å²) in [6.07, 6.45) is 0.901. The highest BCUT2D eigenvalue weighted by Gasteiger charge is 2.46. The first-order valence-electron chi connectivity index (χ1n) is 7.03. The summed E-state index contributed by atoms with van der Waals surface area (Å²) in [6, 6.07) is 5.92. The minimum atomic E-state index is 0. The molecule has 3 unspecified atom stereocenters. The highest BCUT2D eigenvalue weighted by Crippen LogP contribution is 2.50. The largest absolute Gasteiger partial charge is 0.340 e. The summed E-state index contributed by atoms with van der Waals surface area (Å²) in [5.74, 6) is 0.630. The minimum absolute atomic E-state index is 0. The molecule has 0 bridgehead atoms. The van der Waals surface area contributed by atoms with E-state index in [9.17, 15) is 4.79 Å². The van der Waals surface area contributed by atoms with Crippen LogP contribution in [0.2, 0.25) is 10.0 Å². The molecule has 0 radical (unpaired) electrons. The van der Waals surface area contributed by atoms with Crippen molar-refractivity contribution in [1.29, 1.82) is 0 Å². The first-order valence-corrected chi connectivity index (χ1v) is 7.79. The Morgan fingerprint density at radius 2 is 2.14 bits per heavy atom. The van der Waals surface area contributed by atoms with Crippen LogP contribution in [0.25, 0.3) is 0 Å². The molecule has 1 saturated carbocycles. The molecule has 3 rings (SSSR count). The molecule has 1 amide bonds. The molecule has 3 atom stereocenters. The molecule has 1 aliphatic heterocycles. The van der Waals surface area contributed by atoms with Gasteiger partial charge in [0.1, 0.15) is 0 Å². The van der Waals surface area contributed by atoms with Gasteiger partial charge in [-0.2, -0.15) is 0 Å². The number of rotatable bonds is 2. The van der Waals surface area contributed by atoms with E-state index in [1.807, 2.05) is 17.0 Å². The number of nitrogens with zero attached hydrogens (tertiary/aromatic N) is 1. The molecule has 0 aromatic heterocycles. The van der Waals surface area contributed by atoms with E-state index in [0.717, 1.165) is 31.6 Å². The minimum Gasteiger partial charge on any atom is -0.340 e. The average Bonchev–Trinajstić information content (AvgIpc) is 3.18. The predicted octanol–water partition coefficient (Wildman–Crippen LogP) is 3.34. The van der Waals surface area contributed by atoms with E-state index in [0.29, 0.717) is 16.1 Å². The molecule has 6 heteroatoms. The molecule has 1 aromatic rings. The SMILES string of the molecule is CC1CN(C(=O)C2CC2c2ccc(Cl)cc2Cl)CCN1.Cl. The Kier molecular flexibility index (Phi) is 5.42. The fraction of sp³-hybridized carbons (Fsp3) is 0.533. The zero-order valence-electron chi connectivity index (χ0n) is 11.8. The van der Waals surface area contributed by atoms with Gasteiger partial charge in [0.05, 0.1) is 0 Å². The molecule has 1 aliphatic carbocycles. The third kappa shape index (κ3) is 3.65. The normalized spacial score (nSPS) is 28.0. The molecule has 0 spiro atoms. The molecule has 2 fully saturated rings. The monoisotopic (exact) mass is 348 g/mol. The maximum Gasteiger partial charge on any atom is 0.226 e. The fourth-order valence-electron chi connectivity index (χ4n) is 2.98. The lowest BCUT2D eigenvalue weighted by molar-refractivity contribution is -0.133. The first-order chi connectivity index (χ1) is 9.56. The van der Waals surface area contributed by atoms with E-state index in [4.69, 9.17) is 23.2 Å². The number of halogens is 3. The second-order valence-corrected chi connectivity index (χ2v) is 6.60. The Balaban J connectivity index is 0.00000161. The topological polar surface area (TPSA) is 32.3 Å². The van der Waals surface area contributed by atoms with Crippen molar-refractivity contribution in [3.05, 3.63) is 33.8 Å². The Bertz CT molecular complexity index is 538. The van der Waals surface area contributed by atoms with Crippen LogP contribution in [0.5, 0.6) is 0 Å². The lowest BCUT2D eigenvalue weighted by Crippen LogP contribution is -2.51. The van der Waals surface area contributed by atoms with Gasteiger partial charge in [-0.05, 0) is 37.0 Å². The van der Waals surface area contributed by atoms with Crippen LogP contribution in [0.1, 0.15) is 24.8 Å².